The van der Waals surface area contributed by atoms with E-state index >= 15 is 0 Å². The highest BCUT2D eigenvalue weighted by Crippen LogP contribution is 2.10. The van der Waals surface area contributed by atoms with Crippen LogP contribution in [0.5, 0.6) is 5.75 Å². The second-order valence-electron chi connectivity index (χ2n) is 2.34. The van der Waals surface area contributed by atoms with Crippen LogP contribution in [0, 0.1) is 0 Å². The maximum Gasteiger partial charge on any atom is 0.125 e. The normalized spacial score (nSPS) is 10.1. The third-order valence-electron chi connectivity index (χ3n) is 1.63. The van der Waals surface area contributed by atoms with Crippen molar-refractivity contribution in [3.8, 4) is 5.75 Å². The summed E-state index contributed by atoms with van der Waals surface area (Å²) in [7, 11) is 3.30. The smallest absolute Gasteiger partial charge is 0.125 e. The Balaban J connectivity index is 0.000000791. The largest absolute Gasteiger partial charge is 0.497 e. The molecule has 0 saturated carbocycles. The number of benzene rings is 1. The van der Waals surface area contributed by atoms with Crippen LogP contribution in [0.1, 0.15) is 19.4 Å². The lowest BCUT2D eigenvalue weighted by atomic mass is 10.2. The van der Waals surface area contributed by atoms with Gasteiger partial charge in [0.2, 0.25) is 0 Å². The van der Waals surface area contributed by atoms with Crippen molar-refractivity contribution in [2.45, 2.75) is 13.8 Å². The van der Waals surface area contributed by atoms with E-state index in [2.05, 4.69) is 4.99 Å². The fourth-order valence-corrected chi connectivity index (χ4v) is 0.891. The monoisotopic (exact) mass is 194 g/mol. The maximum absolute atomic E-state index is 5.59. The van der Waals surface area contributed by atoms with Crippen LogP contribution in [-0.2, 0) is 0 Å². The molecule has 0 aromatic heterocycles. The molecule has 0 unspecified atom stereocenters. The highest BCUT2D eigenvalue weighted by Gasteiger charge is 1.96. The Labute approximate surface area is 85.6 Å². The Hall–Kier alpha value is -1.51. The molecule has 0 amide bonds. The predicted molar refractivity (Wildman–Crippen MR) is 61.0 cm³/mol. The van der Waals surface area contributed by atoms with Crippen molar-refractivity contribution in [3.05, 3.63) is 29.8 Å². The number of aliphatic imine (C=N–C) groups is 1. The second kappa shape index (κ2) is 6.95. The Bertz CT molecular complexity index is 278. The number of nitrogens with two attached hydrogens (primary N) is 1. The molecule has 0 heterocycles. The zero-order valence-electron chi connectivity index (χ0n) is 9.24. The quantitative estimate of drug-likeness (QED) is 0.578. The van der Waals surface area contributed by atoms with Gasteiger partial charge in [0.1, 0.15) is 11.6 Å². The molecule has 2 N–H and O–H groups in total. The minimum Gasteiger partial charge on any atom is -0.497 e. The van der Waals surface area contributed by atoms with Gasteiger partial charge in [0.25, 0.3) is 0 Å². The molecule has 14 heavy (non-hydrogen) atoms. The number of rotatable bonds is 2. The summed E-state index contributed by atoms with van der Waals surface area (Å²) in [6.45, 7) is 4.00. The molecule has 0 aliphatic rings. The molecule has 0 atom stereocenters. The minimum absolute atomic E-state index is 0.539. The zero-order valence-corrected chi connectivity index (χ0v) is 9.24. The van der Waals surface area contributed by atoms with Gasteiger partial charge in [0.15, 0.2) is 0 Å². The van der Waals surface area contributed by atoms with Crippen LogP contribution >= 0.6 is 0 Å². The molecular weight excluding hydrogens is 176 g/mol. The first-order valence-corrected chi connectivity index (χ1v) is 4.64. The van der Waals surface area contributed by atoms with E-state index in [1.54, 1.807) is 14.2 Å². The third-order valence-corrected chi connectivity index (χ3v) is 1.63. The first-order valence-electron chi connectivity index (χ1n) is 4.64. The van der Waals surface area contributed by atoms with E-state index in [0.717, 1.165) is 11.3 Å². The van der Waals surface area contributed by atoms with Crippen LogP contribution in [-0.4, -0.2) is 20.0 Å². The van der Waals surface area contributed by atoms with E-state index in [1.807, 2.05) is 38.1 Å². The summed E-state index contributed by atoms with van der Waals surface area (Å²) in [5, 5.41) is 0. The van der Waals surface area contributed by atoms with E-state index in [4.69, 9.17) is 10.5 Å². The summed E-state index contributed by atoms with van der Waals surface area (Å²) >= 11 is 0. The summed E-state index contributed by atoms with van der Waals surface area (Å²) < 4.78 is 5.00. The van der Waals surface area contributed by atoms with Gasteiger partial charge < -0.3 is 10.5 Å². The summed E-state index contributed by atoms with van der Waals surface area (Å²) in [6.07, 6.45) is 0. The topological polar surface area (TPSA) is 47.6 Å². The predicted octanol–water partition coefficient (Wildman–Crippen LogP) is 2.06. The van der Waals surface area contributed by atoms with Crippen molar-refractivity contribution < 1.29 is 4.74 Å². The van der Waals surface area contributed by atoms with Crippen LogP contribution in [0.2, 0.25) is 0 Å². The Morgan fingerprint density at radius 3 is 2.07 bits per heavy atom. The zero-order chi connectivity index (χ0) is 11.0. The van der Waals surface area contributed by atoms with Gasteiger partial charge in [-0.05, 0) is 24.3 Å². The van der Waals surface area contributed by atoms with Gasteiger partial charge in [-0.2, -0.15) is 0 Å². The summed E-state index contributed by atoms with van der Waals surface area (Å²) in [5.74, 6) is 1.36. The molecule has 1 aromatic rings. The van der Waals surface area contributed by atoms with Crippen molar-refractivity contribution in [1.29, 1.82) is 0 Å². The summed E-state index contributed by atoms with van der Waals surface area (Å²) in [5.41, 5.74) is 6.51. The van der Waals surface area contributed by atoms with Crippen molar-refractivity contribution >= 4 is 5.84 Å². The highest BCUT2D eigenvalue weighted by atomic mass is 16.5. The fraction of sp³-hybridized carbons (Fsp3) is 0.364. The molecular formula is C11H18N2O. The van der Waals surface area contributed by atoms with Gasteiger partial charge in [-0.25, -0.2) is 0 Å². The van der Waals surface area contributed by atoms with Gasteiger partial charge >= 0.3 is 0 Å². The minimum atomic E-state index is 0.539. The Kier molecular flexibility index (Phi) is 6.20. The lowest BCUT2D eigenvalue weighted by Gasteiger charge is -2.01. The van der Waals surface area contributed by atoms with Crippen LogP contribution in [0.4, 0.5) is 0 Å². The van der Waals surface area contributed by atoms with Crippen molar-refractivity contribution in [1.82, 2.24) is 0 Å². The lowest BCUT2D eigenvalue weighted by Crippen LogP contribution is -2.12. The first kappa shape index (κ1) is 12.5. The summed E-state index contributed by atoms with van der Waals surface area (Å²) in [6, 6.07) is 7.46. The van der Waals surface area contributed by atoms with Crippen LogP contribution in [0.15, 0.2) is 29.3 Å². The fourth-order valence-electron chi connectivity index (χ4n) is 0.891. The molecule has 3 heteroatoms. The molecule has 0 fully saturated rings. The average molecular weight is 194 g/mol. The standard InChI is InChI=1S/C9H12N2O.C2H6/c1-11-9(10)7-3-5-8(12-2)6-4-7;1-2/h3-6H,1-2H3,(H2,10,11);1-2H3. The van der Waals surface area contributed by atoms with E-state index in [0.29, 0.717) is 5.84 Å². The van der Waals surface area contributed by atoms with Gasteiger partial charge in [-0.3, -0.25) is 4.99 Å². The number of hydrogen-bond donors (Lipinski definition) is 1. The molecule has 1 aromatic carbocycles. The summed E-state index contributed by atoms with van der Waals surface area (Å²) in [4.78, 5) is 3.87. The van der Waals surface area contributed by atoms with E-state index in [-0.39, 0.29) is 0 Å². The van der Waals surface area contributed by atoms with E-state index in [9.17, 15) is 0 Å². The van der Waals surface area contributed by atoms with Gasteiger partial charge in [0, 0.05) is 12.6 Å². The lowest BCUT2D eigenvalue weighted by molar-refractivity contribution is 0.415. The van der Waals surface area contributed by atoms with Crippen molar-refractivity contribution in [2.75, 3.05) is 14.2 Å². The molecule has 0 radical (unpaired) electrons. The third kappa shape index (κ3) is 3.47. The molecule has 0 aliphatic heterocycles. The maximum atomic E-state index is 5.59. The van der Waals surface area contributed by atoms with Crippen molar-refractivity contribution in [2.24, 2.45) is 10.7 Å². The van der Waals surface area contributed by atoms with Crippen molar-refractivity contribution in [3.63, 3.8) is 0 Å². The first-order chi connectivity index (χ1) is 6.77. The Morgan fingerprint density at radius 1 is 1.21 bits per heavy atom. The van der Waals surface area contributed by atoms with E-state index < -0.39 is 0 Å². The van der Waals surface area contributed by atoms with Crippen LogP contribution in [0.3, 0.4) is 0 Å². The number of methoxy groups -OCH3 is 1. The molecule has 3 nitrogen and oxygen atoms in total. The number of hydrogen-bond acceptors (Lipinski definition) is 2. The van der Waals surface area contributed by atoms with Gasteiger partial charge in [-0.1, -0.05) is 13.8 Å². The van der Waals surface area contributed by atoms with Gasteiger partial charge in [0.05, 0.1) is 7.11 Å². The average Bonchev–Trinajstić information content (AvgIpc) is 2.31. The van der Waals surface area contributed by atoms with Crippen LogP contribution < -0.4 is 10.5 Å². The SMILES string of the molecule is CC.CN=C(N)c1ccc(OC)cc1. The Morgan fingerprint density at radius 2 is 1.71 bits per heavy atom. The second-order valence-corrected chi connectivity index (χ2v) is 2.34. The number of nitrogens with zero attached hydrogens (tertiary/aromatic N) is 1. The molecule has 0 spiro atoms. The molecule has 0 aliphatic carbocycles. The number of ether oxygens (including phenoxy) is 1. The van der Waals surface area contributed by atoms with Gasteiger partial charge in [-0.15, -0.1) is 0 Å². The molecule has 0 bridgehead atoms. The van der Waals surface area contributed by atoms with E-state index in [1.165, 1.54) is 0 Å². The van der Waals surface area contributed by atoms with Crippen LogP contribution in [0.25, 0.3) is 0 Å². The number of amidine groups is 1. The molecule has 78 valence electrons. The molecule has 0 saturated heterocycles. The highest BCUT2D eigenvalue weighted by molar-refractivity contribution is 5.97. The molecule has 1 rings (SSSR count).